The molecule has 1 heterocycles. The van der Waals surface area contributed by atoms with Gasteiger partial charge in [0, 0.05) is 12.1 Å². The van der Waals surface area contributed by atoms with E-state index in [1.807, 2.05) is 13.0 Å². The van der Waals surface area contributed by atoms with Gasteiger partial charge in [-0.3, -0.25) is 9.59 Å². The minimum Gasteiger partial charge on any atom is -0.507 e. The summed E-state index contributed by atoms with van der Waals surface area (Å²) in [4.78, 5) is 27.2. The molecule has 1 aromatic heterocycles. The number of Topliss-reactive ketones (excluding diaryl/α,β-unsaturated/α-hetero) is 1. The van der Waals surface area contributed by atoms with Gasteiger partial charge in [0.25, 0.3) is 5.91 Å². The van der Waals surface area contributed by atoms with Crippen LogP contribution in [0.25, 0.3) is 0 Å². The number of aromatic nitrogens is 1. The molecule has 11 heteroatoms. The van der Waals surface area contributed by atoms with E-state index in [0.717, 1.165) is 48.7 Å². The Bertz CT molecular complexity index is 1360. The first-order valence-corrected chi connectivity index (χ1v) is 13.1. The van der Waals surface area contributed by atoms with Gasteiger partial charge in [-0.2, -0.15) is 0 Å². The van der Waals surface area contributed by atoms with Gasteiger partial charge in [-0.25, -0.2) is 9.37 Å². The topological polar surface area (TPSA) is 97.8 Å². The van der Waals surface area contributed by atoms with E-state index in [-0.39, 0.29) is 34.9 Å². The summed E-state index contributed by atoms with van der Waals surface area (Å²) in [7, 11) is 0. The lowest BCUT2D eigenvalue weighted by atomic mass is 10.0. The van der Waals surface area contributed by atoms with E-state index in [4.69, 9.17) is 4.74 Å². The molecule has 2 atom stereocenters. The number of aromatic hydroxyl groups is 1. The van der Waals surface area contributed by atoms with E-state index in [0.29, 0.717) is 5.56 Å². The van der Waals surface area contributed by atoms with Crippen LogP contribution in [0.3, 0.4) is 0 Å². The minimum absolute atomic E-state index is 0.0386. The summed E-state index contributed by atoms with van der Waals surface area (Å²) >= 11 is 0. The molecule has 0 radical (unpaired) electrons. The molecular formula is C30H32F4N2O5. The molecule has 0 bridgehead atoms. The predicted octanol–water partition coefficient (Wildman–Crippen LogP) is 7.51. The van der Waals surface area contributed by atoms with Crippen LogP contribution in [0.15, 0.2) is 54.7 Å². The summed E-state index contributed by atoms with van der Waals surface area (Å²) < 4.78 is 58.5. The number of nitrogens with zero attached hydrogens (tertiary/aromatic N) is 1. The third-order valence-corrected chi connectivity index (χ3v) is 6.44. The Morgan fingerprint density at radius 1 is 1.00 bits per heavy atom. The van der Waals surface area contributed by atoms with Gasteiger partial charge in [-0.1, -0.05) is 31.9 Å². The number of rotatable bonds is 6. The van der Waals surface area contributed by atoms with Gasteiger partial charge in [-0.05, 0) is 74.9 Å². The van der Waals surface area contributed by atoms with E-state index >= 15 is 0 Å². The second-order valence-electron chi connectivity index (χ2n) is 9.99. The van der Waals surface area contributed by atoms with Crippen molar-refractivity contribution in [3.05, 3.63) is 77.2 Å². The van der Waals surface area contributed by atoms with Crippen molar-refractivity contribution in [2.24, 2.45) is 5.92 Å². The first-order chi connectivity index (χ1) is 19.3. The number of phenols is 1. The highest BCUT2D eigenvalue weighted by molar-refractivity contribution is 5.97. The van der Waals surface area contributed by atoms with Gasteiger partial charge in [0.05, 0.1) is 17.3 Å². The molecule has 1 aliphatic rings. The van der Waals surface area contributed by atoms with Crippen molar-refractivity contribution in [1.82, 2.24) is 10.3 Å². The normalized spacial score (nSPS) is 17.0. The fourth-order valence-electron chi connectivity index (χ4n) is 4.33. The Kier molecular flexibility index (Phi) is 10.7. The number of ether oxygens (including phenoxy) is 2. The number of phenolic OH excluding ortho intramolecular Hbond substituents is 1. The lowest BCUT2D eigenvalue weighted by molar-refractivity contribution is -0.274. The molecule has 1 fully saturated rings. The molecule has 1 aliphatic carbocycles. The van der Waals surface area contributed by atoms with E-state index in [1.165, 1.54) is 38.3 Å². The largest absolute Gasteiger partial charge is 0.573 e. The van der Waals surface area contributed by atoms with Crippen LogP contribution in [0, 0.1) is 18.7 Å². The number of amides is 1. The monoisotopic (exact) mass is 576 g/mol. The summed E-state index contributed by atoms with van der Waals surface area (Å²) in [5.41, 5.74) is 1.21. The number of hydrogen-bond donors (Lipinski definition) is 2. The number of ketones is 1. The van der Waals surface area contributed by atoms with Crippen LogP contribution in [-0.4, -0.2) is 34.2 Å². The molecule has 7 nitrogen and oxygen atoms in total. The number of carbonyl (C=O) groups is 2. The summed E-state index contributed by atoms with van der Waals surface area (Å²) in [5.74, 6) is -1.29. The Balaban J connectivity index is 0.000000228. The highest BCUT2D eigenvalue weighted by Crippen LogP contribution is 2.30. The Hall–Kier alpha value is -4.15. The van der Waals surface area contributed by atoms with E-state index in [1.54, 1.807) is 12.1 Å². The van der Waals surface area contributed by atoms with Crippen LogP contribution < -0.4 is 14.8 Å². The third kappa shape index (κ3) is 10.1. The van der Waals surface area contributed by atoms with Crippen LogP contribution in [0.5, 0.6) is 23.1 Å². The molecule has 2 aromatic carbocycles. The summed E-state index contributed by atoms with van der Waals surface area (Å²) in [6.07, 6.45) is 1.68. The molecule has 2 N–H and O–H groups in total. The van der Waals surface area contributed by atoms with E-state index in [2.05, 4.69) is 22.0 Å². The maximum atomic E-state index is 13.1. The molecule has 41 heavy (non-hydrogen) atoms. The van der Waals surface area contributed by atoms with Crippen LogP contribution >= 0.6 is 0 Å². The molecule has 220 valence electrons. The van der Waals surface area contributed by atoms with Crippen molar-refractivity contribution in [3.63, 3.8) is 0 Å². The third-order valence-electron chi connectivity index (χ3n) is 6.44. The van der Waals surface area contributed by atoms with Gasteiger partial charge in [0.15, 0.2) is 5.78 Å². The maximum Gasteiger partial charge on any atom is 0.573 e. The zero-order chi connectivity index (χ0) is 30.2. The lowest BCUT2D eigenvalue weighted by Crippen LogP contribution is -2.34. The molecule has 0 aliphatic heterocycles. The van der Waals surface area contributed by atoms with Crippen molar-refractivity contribution in [2.75, 3.05) is 0 Å². The van der Waals surface area contributed by atoms with Crippen LogP contribution in [0.2, 0.25) is 0 Å². The molecular weight excluding hydrogens is 544 g/mol. The SMILES string of the molecule is CC(=O)c1cc(F)cnc1Oc1cccc(OC(F)(F)F)c1.Cc1ccc(C(=O)NC2CCC[C@@H](C)CC2)c(O)c1. The van der Waals surface area contributed by atoms with Gasteiger partial charge in [-0.15, -0.1) is 13.2 Å². The standard InChI is InChI=1S/C16H23NO2.C14H9F4NO3/c1-11-4-3-5-13(8-6-11)17-16(19)14-9-7-12(2)10-15(14)18;1-8(20)12-5-9(15)7-19-13(12)21-10-3-2-4-11(6-10)22-14(16,17)18/h7,9-11,13,18H,3-6,8H2,1-2H3,(H,17,19);2-7H,1H3/t11-,13?;/m1./s1. The number of carbonyl (C=O) groups excluding carboxylic acids is 2. The number of benzene rings is 2. The number of alkyl halides is 3. The lowest BCUT2D eigenvalue weighted by Gasteiger charge is -2.17. The second kappa shape index (κ2) is 14.0. The number of aryl methyl sites for hydroxylation is 1. The zero-order valence-corrected chi connectivity index (χ0v) is 22.9. The fourth-order valence-corrected chi connectivity index (χ4v) is 4.33. The van der Waals surface area contributed by atoms with Crippen molar-refractivity contribution in [1.29, 1.82) is 0 Å². The number of hydrogen-bond acceptors (Lipinski definition) is 6. The van der Waals surface area contributed by atoms with Crippen molar-refractivity contribution < 1.29 is 41.7 Å². The first kappa shape index (κ1) is 31.4. The second-order valence-corrected chi connectivity index (χ2v) is 9.99. The first-order valence-electron chi connectivity index (χ1n) is 13.1. The molecule has 1 saturated carbocycles. The summed E-state index contributed by atoms with van der Waals surface area (Å²) in [6.45, 7) is 5.36. The zero-order valence-electron chi connectivity index (χ0n) is 22.9. The summed E-state index contributed by atoms with van der Waals surface area (Å²) in [6, 6.07) is 11.0. The average molecular weight is 577 g/mol. The molecule has 3 aromatic rings. The number of halogens is 4. The Morgan fingerprint density at radius 3 is 2.41 bits per heavy atom. The van der Waals surface area contributed by atoms with E-state index < -0.39 is 23.7 Å². The average Bonchev–Trinajstić information content (AvgIpc) is 3.08. The van der Waals surface area contributed by atoms with Gasteiger partial charge >= 0.3 is 6.36 Å². The predicted molar refractivity (Wildman–Crippen MR) is 144 cm³/mol. The smallest absolute Gasteiger partial charge is 0.507 e. The molecule has 0 spiro atoms. The van der Waals surface area contributed by atoms with Gasteiger partial charge in [0.2, 0.25) is 5.88 Å². The van der Waals surface area contributed by atoms with Crippen molar-refractivity contribution in [3.8, 4) is 23.1 Å². The molecule has 1 unspecified atom stereocenters. The number of pyridine rings is 1. The molecule has 1 amide bonds. The highest BCUT2D eigenvalue weighted by atomic mass is 19.4. The van der Waals surface area contributed by atoms with Crippen molar-refractivity contribution >= 4 is 11.7 Å². The van der Waals surface area contributed by atoms with E-state index in [9.17, 15) is 32.3 Å². The van der Waals surface area contributed by atoms with Crippen molar-refractivity contribution in [2.45, 2.75) is 65.3 Å². The molecule has 0 saturated heterocycles. The quantitative estimate of drug-likeness (QED) is 0.179. The minimum atomic E-state index is -4.84. The van der Waals surface area contributed by atoms with Gasteiger partial charge < -0.3 is 19.9 Å². The van der Waals surface area contributed by atoms with Crippen LogP contribution in [-0.2, 0) is 0 Å². The van der Waals surface area contributed by atoms with Gasteiger partial charge in [0.1, 0.15) is 23.1 Å². The summed E-state index contributed by atoms with van der Waals surface area (Å²) in [5, 5.41) is 12.9. The Labute approximate surface area is 235 Å². The van der Waals surface area contributed by atoms with Crippen LogP contribution in [0.4, 0.5) is 17.6 Å². The Morgan fingerprint density at radius 2 is 1.73 bits per heavy atom. The van der Waals surface area contributed by atoms with Crippen LogP contribution in [0.1, 0.15) is 72.2 Å². The number of nitrogens with one attached hydrogen (secondary N) is 1. The fraction of sp³-hybridized carbons (Fsp3) is 0.367. The maximum absolute atomic E-state index is 13.1. The highest BCUT2D eigenvalue weighted by Gasteiger charge is 2.31. The molecule has 4 rings (SSSR count).